The van der Waals surface area contributed by atoms with Crippen molar-refractivity contribution >= 4 is 11.7 Å². The Morgan fingerprint density at radius 1 is 1.27 bits per heavy atom. The summed E-state index contributed by atoms with van der Waals surface area (Å²) in [6.45, 7) is 4.65. The number of carbonyl (C=O) groups is 1. The Labute approximate surface area is 153 Å². The summed E-state index contributed by atoms with van der Waals surface area (Å²) >= 11 is 0. The van der Waals surface area contributed by atoms with Crippen molar-refractivity contribution in [3.8, 4) is 17.0 Å². The number of carbonyl (C=O) groups excluding carboxylic acids is 1. The molecule has 7 nitrogen and oxygen atoms in total. The number of anilines is 1. The number of morpholine rings is 1. The van der Waals surface area contributed by atoms with Gasteiger partial charge in [0.15, 0.2) is 0 Å². The summed E-state index contributed by atoms with van der Waals surface area (Å²) in [5, 5.41) is 10.0. The SMILES string of the molecule is COc1ccc(-c2cc(NC(=O)CCCCN3CCOCC3)[nH]n2)cc1. The lowest BCUT2D eigenvalue weighted by atomic mass is 10.1. The lowest BCUT2D eigenvalue weighted by Crippen LogP contribution is -2.36. The highest BCUT2D eigenvalue weighted by Gasteiger charge is 2.11. The second-order valence-electron chi connectivity index (χ2n) is 6.35. The topological polar surface area (TPSA) is 79.5 Å². The summed E-state index contributed by atoms with van der Waals surface area (Å²) in [5.41, 5.74) is 1.75. The van der Waals surface area contributed by atoms with E-state index in [1.54, 1.807) is 7.11 Å². The molecule has 2 aromatic rings. The molecule has 0 radical (unpaired) electrons. The average molecular weight is 358 g/mol. The number of nitrogens with one attached hydrogen (secondary N) is 2. The fourth-order valence-electron chi connectivity index (χ4n) is 2.95. The summed E-state index contributed by atoms with van der Waals surface area (Å²) in [4.78, 5) is 14.5. The molecule has 1 fully saturated rings. The predicted molar refractivity (Wildman–Crippen MR) is 100 cm³/mol. The normalized spacial score (nSPS) is 15.0. The van der Waals surface area contributed by atoms with Crippen LogP contribution in [0.15, 0.2) is 30.3 Å². The molecule has 140 valence electrons. The van der Waals surface area contributed by atoms with Gasteiger partial charge in [-0.25, -0.2) is 0 Å². The molecular formula is C19H26N4O3. The Morgan fingerprint density at radius 3 is 2.77 bits per heavy atom. The van der Waals surface area contributed by atoms with Gasteiger partial charge >= 0.3 is 0 Å². The summed E-state index contributed by atoms with van der Waals surface area (Å²) < 4.78 is 10.5. The molecule has 1 aliphatic heterocycles. The number of benzene rings is 1. The molecule has 1 aromatic heterocycles. The Morgan fingerprint density at radius 2 is 2.04 bits per heavy atom. The second kappa shape index (κ2) is 9.35. The Hall–Kier alpha value is -2.38. The molecule has 0 spiro atoms. The number of methoxy groups -OCH3 is 1. The minimum Gasteiger partial charge on any atom is -0.497 e. The molecular weight excluding hydrogens is 332 g/mol. The molecule has 26 heavy (non-hydrogen) atoms. The summed E-state index contributed by atoms with van der Waals surface area (Å²) in [6.07, 6.45) is 2.41. The third-order valence-electron chi connectivity index (χ3n) is 4.47. The van der Waals surface area contributed by atoms with Gasteiger partial charge in [0, 0.05) is 31.1 Å². The van der Waals surface area contributed by atoms with Crippen molar-refractivity contribution < 1.29 is 14.3 Å². The minimum absolute atomic E-state index is 0.0110. The van der Waals surface area contributed by atoms with Crippen LogP contribution in [0.25, 0.3) is 11.3 Å². The van der Waals surface area contributed by atoms with E-state index in [-0.39, 0.29) is 5.91 Å². The molecule has 0 unspecified atom stereocenters. The zero-order valence-corrected chi connectivity index (χ0v) is 15.2. The van der Waals surface area contributed by atoms with E-state index in [1.807, 2.05) is 30.3 Å². The number of aromatic nitrogens is 2. The van der Waals surface area contributed by atoms with E-state index in [0.29, 0.717) is 12.2 Å². The van der Waals surface area contributed by atoms with Crippen LogP contribution in [0.2, 0.25) is 0 Å². The maximum atomic E-state index is 12.1. The molecule has 1 aliphatic rings. The molecule has 3 rings (SSSR count). The maximum absolute atomic E-state index is 12.1. The molecule has 1 aromatic carbocycles. The highest BCUT2D eigenvalue weighted by Crippen LogP contribution is 2.22. The molecule has 1 saturated heterocycles. The van der Waals surface area contributed by atoms with Gasteiger partial charge in [-0.3, -0.25) is 14.8 Å². The van der Waals surface area contributed by atoms with E-state index in [1.165, 1.54) is 0 Å². The van der Waals surface area contributed by atoms with Crippen molar-refractivity contribution in [1.29, 1.82) is 0 Å². The number of unbranched alkanes of at least 4 members (excludes halogenated alkanes) is 1. The van der Waals surface area contributed by atoms with Gasteiger partial charge in [-0.1, -0.05) is 0 Å². The van der Waals surface area contributed by atoms with Crippen LogP contribution in [0.5, 0.6) is 5.75 Å². The summed E-state index contributed by atoms with van der Waals surface area (Å²) in [5.74, 6) is 1.43. The van der Waals surface area contributed by atoms with Gasteiger partial charge in [0.25, 0.3) is 0 Å². The quantitative estimate of drug-likeness (QED) is 0.709. The average Bonchev–Trinajstić information content (AvgIpc) is 3.14. The Bertz CT molecular complexity index is 693. The van der Waals surface area contributed by atoms with E-state index in [9.17, 15) is 4.79 Å². The second-order valence-corrected chi connectivity index (χ2v) is 6.35. The fourth-order valence-corrected chi connectivity index (χ4v) is 2.95. The van der Waals surface area contributed by atoms with Crippen LogP contribution in [0.4, 0.5) is 5.82 Å². The minimum atomic E-state index is 0.0110. The van der Waals surface area contributed by atoms with Crippen LogP contribution in [-0.4, -0.2) is 61.0 Å². The van der Waals surface area contributed by atoms with Gasteiger partial charge < -0.3 is 14.8 Å². The van der Waals surface area contributed by atoms with Crippen molar-refractivity contribution in [2.24, 2.45) is 0 Å². The zero-order chi connectivity index (χ0) is 18.2. The van der Waals surface area contributed by atoms with Crippen molar-refractivity contribution in [3.63, 3.8) is 0 Å². The first-order valence-corrected chi connectivity index (χ1v) is 9.04. The Kier molecular flexibility index (Phi) is 6.62. The molecule has 0 aliphatic carbocycles. The molecule has 1 amide bonds. The van der Waals surface area contributed by atoms with Gasteiger partial charge in [0.2, 0.25) is 5.91 Å². The predicted octanol–water partition coefficient (Wildman–Crippen LogP) is 2.53. The number of aromatic amines is 1. The van der Waals surface area contributed by atoms with Gasteiger partial charge in [-0.05, 0) is 43.7 Å². The van der Waals surface area contributed by atoms with E-state index in [2.05, 4.69) is 20.4 Å². The molecule has 7 heteroatoms. The van der Waals surface area contributed by atoms with Crippen molar-refractivity contribution in [2.45, 2.75) is 19.3 Å². The van der Waals surface area contributed by atoms with Crippen LogP contribution >= 0.6 is 0 Å². The lowest BCUT2D eigenvalue weighted by Gasteiger charge is -2.26. The van der Waals surface area contributed by atoms with Crippen molar-refractivity contribution in [3.05, 3.63) is 30.3 Å². The first-order chi connectivity index (χ1) is 12.7. The summed E-state index contributed by atoms with van der Waals surface area (Å²) in [7, 11) is 1.64. The molecule has 2 N–H and O–H groups in total. The smallest absolute Gasteiger partial charge is 0.225 e. The van der Waals surface area contributed by atoms with Crippen LogP contribution in [0.1, 0.15) is 19.3 Å². The van der Waals surface area contributed by atoms with Crippen LogP contribution in [0.3, 0.4) is 0 Å². The Balaban J connectivity index is 1.40. The molecule has 0 saturated carbocycles. The lowest BCUT2D eigenvalue weighted by molar-refractivity contribution is -0.116. The fraction of sp³-hybridized carbons (Fsp3) is 0.474. The van der Waals surface area contributed by atoms with Crippen molar-refractivity contribution in [2.75, 3.05) is 45.3 Å². The van der Waals surface area contributed by atoms with E-state index in [4.69, 9.17) is 9.47 Å². The molecule has 0 bridgehead atoms. The van der Waals surface area contributed by atoms with Gasteiger partial charge in [0.05, 0.1) is 26.0 Å². The standard InChI is InChI=1S/C19H26N4O3/c1-25-16-7-5-15(6-8-16)17-14-18(22-21-17)20-19(24)4-2-3-9-23-10-12-26-13-11-23/h5-8,14H,2-4,9-13H2,1H3,(H2,20,21,22,24). The number of rotatable bonds is 8. The molecule has 0 atom stereocenters. The number of nitrogens with zero attached hydrogens (tertiary/aromatic N) is 2. The number of H-pyrrole nitrogens is 1. The van der Waals surface area contributed by atoms with E-state index < -0.39 is 0 Å². The number of hydrogen-bond donors (Lipinski definition) is 2. The highest BCUT2D eigenvalue weighted by molar-refractivity contribution is 5.90. The monoisotopic (exact) mass is 358 g/mol. The van der Waals surface area contributed by atoms with Crippen LogP contribution < -0.4 is 10.1 Å². The first-order valence-electron chi connectivity index (χ1n) is 9.04. The first kappa shape index (κ1) is 18.4. The van der Waals surface area contributed by atoms with E-state index in [0.717, 1.165) is 62.7 Å². The van der Waals surface area contributed by atoms with Gasteiger partial charge in [0.1, 0.15) is 11.6 Å². The third-order valence-corrected chi connectivity index (χ3v) is 4.47. The van der Waals surface area contributed by atoms with Gasteiger partial charge in [-0.15, -0.1) is 0 Å². The van der Waals surface area contributed by atoms with Crippen LogP contribution in [-0.2, 0) is 9.53 Å². The molecule has 2 heterocycles. The number of amides is 1. The van der Waals surface area contributed by atoms with Crippen molar-refractivity contribution in [1.82, 2.24) is 15.1 Å². The zero-order valence-electron chi connectivity index (χ0n) is 15.2. The van der Waals surface area contributed by atoms with Crippen LogP contribution in [0, 0.1) is 0 Å². The number of ether oxygens (including phenoxy) is 2. The van der Waals surface area contributed by atoms with Gasteiger partial charge in [-0.2, -0.15) is 5.10 Å². The number of hydrogen-bond acceptors (Lipinski definition) is 5. The third kappa shape index (κ3) is 5.31. The van der Waals surface area contributed by atoms with E-state index >= 15 is 0 Å². The maximum Gasteiger partial charge on any atom is 0.225 e. The highest BCUT2D eigenvalue weighted by atomic mass is 16.5. The summed E-state index contributed by atoms with van der Waals surface area (Å²) in [6, 6.07) is 9.49. The largest absolute Gasteiger partial charge is 0.497 e.